The second-order valence-electron chi connectivity index (χ2n) is 4.16. The first-order valence-electron chi connectivity index (χ1n) is 6.22. The molecule has 0 fully saturated rings. The Labute approximate surface area is 108 Å². The van der Waals surface area contributed by atoms with E-state index in [4.69, 9.17) is 4.74 Å². The highest BCUT2D eigenvalue weighted by Gasteiger charge is 1.97. The molecule has 96 valence electrons. The molecule has 0 amide bonds. The van der Waals surface area contributed by atoms with E-state index in [9.17, 15) is 0 Å². The fourth-order valence-corrected chi connectivity index (χ4v) is 1.79. The average Bonchev–Trinajstić information content (AvgIpc) is 2.78. The SMILES string of the molecule is CCOc1ccc(NCCc2cnn(C)c2)cc1. The van der Waals surface area contributed by atoms with Crippen molar-refractivity contribution in [2.45, 2.75) is 13.3 Å². The van der Waals surface area contributed by atoms with Gasteiger partial charge >= 0.3 is 0 Å². The summed E-state index contributed by atoms with van der Waals surface area (Å²) in [6.07, 6.45) is 4.92. The van der Waals surface area contributed by atoms with E-state index in [1.807, 2.05) is 55.3 Å². The number of aryl methyl sites for hydroxylation is 1. The summed E-state index contributed by atoms with van der Waals surface area (Å²) in [7, 11) is 1.93. The van der Waals surface area contributed by atoms with Crippen molar-refractivity contribution in [2.75, 3.05) is 18.5 Å². The van der Waals surface area contributed by atoms with Crippen molar-refractivity contribution < 1.29 is 4.74 Å². The largest absolute Gasteiger partial charge is 0.494 e. The van der Waals surface area contributed by atoms with Crippen molar-refractivity contribution in [3.8, 4) is 5.75 Å². The van der Waals surface area contributed by atoms with E-state index >= 15 is 0 Å². The van der Waals surface area contributed by atoms with Gasteiger partial charge in [-0.05, 0) is 43.2 Å². The van der Waals surface area contributed by atoms with Crippen LogP contribution in [0.2, 0.25) is 0 Å². The van der Waals surface area contributed by atoms with Crippen LogP contribution in [-0.2, 0) is 13.5 Å². The molecule has 1 N–H and O–H groups in total. The van der Waals surface area contributed by atoms with Gasteiger partial charge in [0, 0.05) is 25.5 Å². The summed E-state index contributed by atoms with van der Waals surface area (Å²) in [5.74, 6) is 0.912. The minimum Gasteiger partial charge on any atom is -0.494 e. The molecule has 18 heavy (non-hydrogen) atoms. The molecule has 0 aliphatic rings. The van der Waals surface area contributed by atoms with E-state index in [-0.39, 0.29) is 0 Å². The maximum atomic E-state index is 5.40. The molecule has 4 heteroatoms. The number of nitrogens with one attached hydrogen (secondary N) is 1. The third kappa shape index (κ3) is 3.52. The number of aromatic nitrogens is 2. The summed E-state index contributed by atoms with van der Waals surface area (Å²) in [4.78, 5) is 0. The van der Waals surface area contributed by atoms with Crippen LogP contribution >= 0.6 is 0 Å². The first-order valence-corrected chi connectivity index (χ1v) is 6.22. The highest BCUT2D eigenvalue weighted by atomic mass is 16.5. The molecular weight excluding hydrogens is 226 g/mol. The predicted octanol–water partition coefficient (Wildman–Crippen LogP) is 2.47. The van der Waals surface area contributed by atoms with Gasteiger partial charge in [0.15, 0.2) is 0 Å². The maximum absolute atomic E-state index is 5.40. The van der Waals surface area contributed by atoms with E-state index < -0.39 is 0 Å². The van der Waals surface area contributed by atoms with Crippen LogP contribution in [0.5, 0.6) is 5.75 Å². The number of hydrogen-bond acceptors (Lipinski definition) is 3. The van der Waals surface area contributed by atoms with E-state index in [0.717, 1.165) is 24.4 Å². The summed E-state index contributed by atoms with van der Waals surface area (Å²) in [5, 5.41) is 7.53. The van der Waals surface area contributed by atoms with Crippen LogP contribution in [0.1, 0.15) is 12.5 Å². The number of anilines is 1. The molecule has 0 spiro atoms. The maximum Gasteiger partial charge on any atom is 0.119 e. The van der Waals surface area contributed by atoms with E-state index in [2.05, 4.69) is 10.4 Å². The molecule has 0 aliphatic heterocycles. The number of rotatable bonds is 6. The van der Waals surface area contributed by atoms with Gasteiger partial charge in [0.05, 0.1) is 12.8 Å². The van der Waals surface area contributed by atoms with Crippen LogP contribution in [0.25, 0.3) is 0 Å². The smallest absolute Gasteiger partial charge is 0.119 e. The predicted molar refractivity (Wildman–Crippen MR) is 73.0 cm³/mol. The van der Waals surface area contributed by atoms with Gasteiger partial charge in [-0.25, -0.2) is 0 Å². The van der Waals surface area contributed by atoms with Crippen molar-refractivity contribution in [1.29, 1.82) is 0 Å². The van der Waals surface area contributed by atoms with E-state index in [0.29, 0.717) is 6.61 Å². The van der Waals surface area contributed by atoms with Gasteiger partial charge in [-0.15, -0.1) is 0 Å². The first kappa shape index (κ1) is 12.5. The fraction of sp³-hybridized carbons (Fsp3) is 0.357. The number of nitrogens with zero attached hydrogens (tertiary/aromatic N) is 2. The van der Waals surface area contributed by atoms with Crippen LogP contribution in [0.4, 0.5) is 5.69 Å². The third-order valence-electron chi connectivity index (χ3n) is 2.67. The molecule has 1 aromatic carbocycles. The van der Waals surface area contributed by atoms with Crippen LogP contribution in [0.15, 0.2) is 36.7 Å². The Morgan fingerprint density at radius 1 is 1.28 bits per heavy atom. The molecule has 0 saturated heterocycles. The Balaban J connectivity index is 1.79. The molecule has 2 rings (SSSR count). The van der Waals surface area contributed by atoms with Crippen molar-refractivity contribution >= 4 is 5.69 Å². The molecule has 0 aliphatic carbocycles. The minimum atomic E-state index is 0.702. The Kier molecular flexibility index (Phi) is 4.23. The zero-order chi connectivity index (χ0) is 12.8. The van der Waals surface area contributed by atoms with Crippen LogP contribution < -0.4 is 10.1 Å². The standard InChI is InChI=1S/C14H19N3O/c1-3-18-14-6-4-13(5-7-14)15-9-8-12-10-16-17(2)11-12/h4-7,10-11,15H,3,8-9H2,1-2H3. The average molecular weight is 245 g/mol. The summed E-state index contributed by atoms with van der Waals surface area (Å²) < 4.78 is 7.22. The van der Waals surface area contributed by atoms with Crippen molar-refractivity contribution in [3.05, 3.63) is 42.2 Å². The topological polar surface area (TPSA) is 39.1 Å². The van der Waals surface area contributed by atoms with Gasteiger partial charge in [0.2, 0.25) is 0 Å². The lowest BCUT2D eigenvalue weighted by Crippen LogP contribution is -2.04. The highest BCUT2D eigenvalue weighted by Crippen LogP contribution is 2.15. The molecule has 1 heterocycles. The van der Waals surface area contributed by atoms with Crippen molar-refractivity contribution in [1.82, 2.24) is 9.78 Å². The number of hydrogen-bond donors (Lipinski definition) is 1. The molecule has 0 bridgehead atoms. The lowest BCUT2D eigenvalue weighted by atomic mass is 10.2. The monoisotopic (exact) mass is 245 g/mol. The molecule has 0 unspecified atom stereocenters. The van der Waals surface area contributed by atoms with Gasteiger partial charge in [0.25, 0.3) is 0 Å². The summed E-state index contributed by atoms with van der Waals surface area (Å²) in [6, 6.07) is 8.04. The lowest BCUT2D eigenvalue weighted by Gasteiger charge is -2.07. The van der Waals surface area contributed by atoms with Crippen LogP contribution in [-0.4, -0.2) is 22.9 Å². The Morgan fingerprint density at radius 2 is 2.06 bits per heavy atom. The van der Waals surface area contributed by atoms with Gasteiger partial charge in [0.1, 0.15) is 5.75 Å². The molecular formula is C14H19N3O. The molecule has 0 saturated carbocycles. The van der Waals surface area contributed by atoms with Crippen LogP contribution in [0, 0.1) is 0 Å². The normalized spacial score (nSPS) is 10.3. The zero-order valence-corrected chi connectivity index (χ0v) is 10.9. The highest BCUT2D eigenvalue weighted by molar-refractivity contribution is 5.46. The van der Waals surface area contributed by atoms with Gasteiger partial charge in [-0.3, -0.25) is 4.68 Å². The Morgan fingerprint density at radius 3 is 2.67 bits per heavy atom. The molecule has 0 atom stereocenters. The van der Waals surface area contributed by atoms with Crippen LogP contribution in [0.3, 0.4) is 0 Å². The minimum absolute atomic E-state index is 0.702. The van der Waals surface area contributed by atoms with Gasteiger partial charge in [-0.1, -0.05) is 0 Å². The van der Waals surface area contributed by atoms with Gasteiger partial charge < -0.3 is 10.1 Å². The quantitative estimate of drug-likeness (QED) is 0.849. The molecule has 0 radical (unpaired) electrons. The second kappa shape index (κ2) is 6.10. The zero-order valence-electron chi connectivity index (χ0n) is 10.9. The molecule has 2 aromatic rings. The van der Waals surface area contributed by atoms with E-state index in [1.54, 1.807) is 0 Å². The molecule has 1 aromatic heterocycles. The van der Waals surface area contributed by atoms with Crippen molar-refractivity contribution in [2.24, 2.45) is 7.05 Å². The van der Waals surface area contributed by atoms with Crippen molar-refractivity contribution in [3.63, 3.8) is 0 Å². The second-order valence-corrected chi connectivity index (χ2v) is 4.16. The molecule has 4 nitrogen and oxygen atoms in total. The van der Waals surface area contributed by atoms with E-state index in [1.165, 1.54) is 5.56 Å². The van der Waals surface area contributed by atoms with Gasteiger partial charge in [-0.2, -0.15) is 5.10 Å². The summed E-state index contributed by atoms with van der Waals surface area (Å²) in [6.45, 7) is 3.59. The lowest BCUT2D eigenvalue weighted by molar-refractivity contribution is 0.340. The summed E-state index contributed by atoms with van der Waals surface area (Å²) >= 11 is 0. The Bertz CT molecular complexity index is 476. The summed E-state index contributed by atoms with van der Waals surface area (Å²) in [5.41, 5.74) is 2.36. The Hall–Kier alpha value is -1.97. The number of ether oxygens (including phenoxy) is 1. The third-order valence-corrected chi connectivity index (χ3v) is 2.67. The number of benzene rings is 1. The first-order chi connectivity index (χ1) is 8.78. The fourth-order valence-electron chi connectivity index (χ4n) is 1.79.